The van der Waals surface area contributed by atoms with Crippen molar-refractivity contribution in [2.24, 2.45) is 0 Å². The van der Waals surface area contributed by atoms with E-state index >= 15 is 0 Å². The molecule has 0 N–H and O–H groups in total. The molecule has 270 valence electrons. The van der Waals surface area contributed by atoms with E-state index in [-0.39, 0.29) is 5.41 Å². The van der Waals surface area contributed by atoms with Gasteiger partial charge in [-0.05, 0) is 109 Å². The van der Waals surface area contributed by atoms with Crippen molar-refractivity contribution in [3.63, 3.8) is 0 Å². The largest absolute Gasteiger partial charge is 0.310 e. The van der Waals surface area contributed by atoms with Crippen LogP contribution in [-0.4, -0.2) is 4.98 Å². The van der Waals surface area contributed by atoms with Crippen LogP contribution in [0.15, 0.2) is 194 Å². The maximum atomic E-state index is 5.19. The summed E-state index contributed by atoms with van der Waals surface area (Å²) in [6.07, 6.45) is 0. The first-order valence-electron chi connectivity index (χ1n) is 19.6. The van der Waals surface area contributed by atoms with Crippen LogP contribution in [0.5, 0.6) is 0 Å². The Morgan fingerprint density at radius 2 is 1.00 bits per heavy atom. The molecule has 0 radical (unpaired) electrons. The highest BCUT2D eigenvalue weighted by molar-refractivity contribution is 7.21. The zero-order valence-corrected chi connectivity index (χ0v) is 32.6. The second-order valence-corrected chi connectivity index (χ2v) is 16.6. The summed E-state index contributed by atoms with van der Waals surface area (Å²) in [5, 5.41) is 5.94. The highest BCUT2D eigenvalue weighted by Gasteiger charge is 2.35. The predicted molar refractivity (Wildman–Crippen MR) is 243 cm³/mol. The summed E-state index contributed by atoms with van der Waals surface area (Å²) in [6.45, 7) is 4.70. The summed E-state index contributed by atoms with van der Waals surface area (Å²) in [7, 11) is 0. The summed E-state index contributed by atoms with van der Waals surface area (Å²) in [5.41, 5.74) is 15.7. The van der Waals surface area contributed by atoms with Crippen LogP contribution >= 0.6 is 11.3 Å². The van der Waals surface area contributed by atoms with Gasteiger partial charge in [0.05, 0.1) is 10.2 Å². The molecule has 0 unspecified atom stereocenters. The highest BCUT2D eigenvalue weighted by atomic mass is 32.1. The number of nitrogens with zero attached hydrogens (tertiary/aromatic N) is 2. The van der Waals surface area contributed by atoms with E-state index in [1.165, 1.54) is 70.8 Å². The maximum absolute atomic E-state index is 5.19. The summed E-state index contributed by atoms with van der Waals surface area (Å²) in [5.74, 6) is 0. The average molecular weight is 747 g/mol. The molecule has 0 atom stereocenters. The molecular weight excluding hydrogens is 709 g/mol. The molecule has 1 aliphatic carbocycles. The number of rotatable bonds is 6. The summed E-state index contributed by atoms with van der Waals surface area (Å²) >= 11 is 1.76. The Hall–Kier alpha value is -6.81. The van der Waals surface area contributed by atoms with Crippen LogP contribution in [0.25, 0.3) is 75.7 Å². The van der Waals surface area contributed by atoms with Crippen LogP contribution in [0.1, 0.15) is 25.0 Å². The number of fused-ring (bicyclic) bond motifs is 8. The van der Waals surface area contributed by atoms with Crippen LogP contribution in [0.3, 0.4) is 0 Å². The first-order chi connectivity index (χ1) is 28.0. The Labute approximate surface area is 337 Å². The van der Waals surface area contributed by atoms with Crippen molar-refractivity contribution in [2.75, 3.05) is 4.90 Å². The fourth-order valence-electron chi connectivity index (χ4n) is 8.94. The lowest BCUT2D eigenvalue weighted by molar-refractivity contribution is 0.660. The fourth-order valence-corrected chi connectivity index (χ4v) is 9.92. The fraction of sp³-hybridized carbons (Fsp3) is 0.0556. The van der Waals surface area contributed by atoms with Gasteiger partial charge in [0.1, 0.15) is 5.01 Å². The van der Waals surface area contributed by atoms with Crippen molar-refractivity contribution >= 4 is 60.2 Å². The SMILES string of the molecule is CC1(C)c2ccccc2-c2ccc(N(c3ccc(-c4ccccc4)cc3)c3ccc(-c4ccc5c(ccc6ccc7sc(-c8ccccc8)nc7c65)c4)cc3)cc21. The first-order valence-corrected chi connectivity index (χ1v) is 20.4. The van der Waals surface area contributed by atoms with Crippen molar-refractivity contribution in [3.05, 3.63) is 205 Å². The summed E-state index contributed by atoms with van der Waals surface area (Å²) in [4.78, 5) is 7.59. The second kappa shape index (κ2) is 13.2. The van der Waals surface area contributed by atoms with Crippen LogP contribution in [0.2, 0.25) is 0 Å². The molecular formula is C54H38N2S. The van der Waals surface area contributed by atoms with Crippen molar-refractivity contribution in [2.45, 2.75) is 19.3 Å². The Bertz CT molecular complexity index is 3120. The second-order valence-electron chi connectivity index (χ2n) is 15.6. The molecule has 0 saturated heterocycles. The lowest BCUT2D eigenvalue weighted by atomic mass is 9.82. The van der Waals surface area contributed by atoms with E-state index in [0.717, 1.165) is 33.1 Å². The van der Waals surface area contributed by atoms with Gasteiger partial charge in [-0.2, -0.15) is 0 Å². The maximum Gasteiger partial charge on any atom is 0.124 e. The van der Waals surface area contributed by atoms with Gasteiger partial charge >= 0.3 is 0 Å². The molecule has 0 spiro atoms. The molecule has 0 saturated carbocycles. The normalized spacial score (nSPS) is 12.9. The minimum Gasteiger partial charge on any atom is -0.310 e. The van der Waals surface area contributed by atoms with E-state index in [1.807, 2.05) is 0 Å². The van der Waals surface area contributed by atoms with E-state index in [9.17, 15) is 0 Å². The quantitative estimate of drug-likeness (QED) is 0.158. The van der Waals surface area contributed by atoms with Gasteiger partial charge in [-0.25, -0.2) is 4.98 Å². The highest BCUT2D eigenvalue weighted by Crippen LogP contribution is 2.51. The molecule has 0 fully saturated rings. The molecule has 2 nitrogen and oxygen atoms in total. The number of hydrogen-bond donors (Lipinski definition) is 0. The lowest BCUT2D eigenvalue weighted by Crippen LogP contribution is -2.16. The van der Waals surface area contributed by atoms with Gasteiger partial charge in [0, 0.05) is 33.4 Å². The Morgan fingerprint density at radius 1 is 0.439 bits per heavy atom. The van der Waals surface area contributed by atoms with E-state index in [4.69, 9.17) is 4.98 Å². The number of hydrogen-bond acceptors (Lipinski definition) is 3. The summed E-state index contributed by atoms with van der Waals surface area (Å²) < 4.78 is 1.21. The molecule has 1 aromatic heterocycles. The molecule has 9 aromatic carbocycles. The molecule has 0 aliphatic heterocycles. The van der Waals surface area contributed by atoms with Gasteiger partial charge in [-0.15, -0.1) is 11.3 Å². The Kier molecular flexibility index (Phi) is 7.74. The zero-order chi connectivity index (χ0) is 38.1. The minimum absolute atomic E-state index is 0.0918. The van der Waals surface area contributed by atoms with Gasteiger partial charge in [-0.1, -0.05) is 159 Å². The summed E-state index contributed by atoms with van der Waals surface area (Å²) in [6, 6.07) is 70.8. The van der Waals surface area contributed by atoms with E-state index < -0.39 is 0 Å². The standard InChI is InChI=1S/C54H38N2S/c1-54(2)48-16-10-9-15-46(48)47-31-29-44(34-49(47)54)56(42-25-19-36(20-26-42)35-11-5-3-6-12-35)43-27-21-37(22-28-43)40-23-30-45-41(33-40)18-17-38-24-32-50-52(51(38)45)55-53(57-50)39-13-7-4-8-14-39/h3-34H,1-2H3. The van der Waals surface area contributed by atoms with Crippen LogP contribution in [0, 0.1) is 0 Å². The minimum atomic E-state index is -0.0918. The third-order valence-corrected chi connectivity index (χ3v) is 13.0. The van der Waals surface area contributed by atoms with Crippen molar-refractivity contribution in [1.82, 2.24) is 4.98 Å². The van der Waals surface area contributed by atoms with Gasteiger partial charge in [-0.3, -0.25) is 0 Å². The number of anilines is 3. The smallest absolute Gasteiger partial charge is 0.124 e. The predicted octanol–water partition coefficient (Wildman–Crippen LogP) is 15.4. The third-order valence-electron chi connectivity index (χ3n) is 11.9. The number of benzene rings is 9. The average Bonchev–Trinajstić information content (AvgIpc) is 3.81. The van der Waals surface area contributed by atoms with Gasteiger partial charge in [0.15, 0.2) is 0 Å². The molecule has 10 aromatic rings. The van der Waals surface area contributed by atoms with E-state index in [1.54, 1.807) is 11.3 Å². The Balaban J connectivity index is 0.984. The number of thiazole rings is 1. The van der Waals surface area contributed by atoms with Crippen LogP contribution in [0.4, 0.5) is 17.1 Å². The molecule has 1 heterocycles. The topological polar surface area (TPSA) is 16.1 Å². The van der Waals surface area contributed by atoms with E-state index in [2.05, 4.69) is 213 Å². The van der Waals surface area contributed by atoms with Gasteiger partial charge < -0.3 is 4.90 Å². The van der Waals surface area contributed by atoms with Gasteiger partial charge in [0.2, 0.25) is 0 Å². The third kappa shape index (κ3) is 5.57. The molecule has 11 rings (SSSR count). The van der Waals surface area contributed by atoms with Crippen molar-refractivity contribution < 1.29 is 0 Å². The van der Waals surface area contributed by atoms with Crippen molar-refractivity contribution in [1.29, 1.82) is 0 Å². The zero-order valence-electron chi connectivity index (χ0n) is 31.8. The van der Waals surface area contributed by atoms with E-state index in [0.29, 0.717) is 0 Å². The molecule has 3 heteroatoms. The monoisotopic (exact) mass is 746 g/mol. The number of aromatic nitrogens is 1. The molecule has 0 amide bonds. The van der Waals surface area contributed by atoms with Gasteiger partial charge in [0.25, 0.3) is 0 Å². The lowest BCUT2D eigenvalue weighted by Gasteiger charge is -2.28. The molecule has 57 heavy (non-hydrogen) atoms. The van der Waals surface area contributed by atoms with Crippen molar-refractivity contribution in [3.8, 4) is 44.0 Å². The first kappa shape index (κ1) is 33.5. The Morgan fingerprint density at radius 3 is 1.74 bits per heavy atom. The molecule has 1 aliphatic rings. The molecule has 0 bridgehead atoms. The van der Waals surface area contributed by atoms with Crippen LogP contribution in [-0.2, 0) is 5.41 Å². The van der Waals surface area contributed by atoms with Crippen LogP contribution < -0.4 is 4.90 Å².